The van der Waals surface area contributed by atoms with Crippen molar-refractivity contribution < 1.29 is 27.5 Å². The van der Waals surface area contributed by atoms with Gasteiger partial charge in [-0.05, 0) is 29.8 Å². The molecule has 0 unspecified atom stereocenters. The van der Waals surface area contributed by atoms with Gasteiger partial charge in [0.25, 0.3) is 15.9 Å². The van der Waals surface area contributed by atoms with Gasteiger partial charge in [-0.15, -0.1) is 4.31 Å². The van der Waals surface area contributed by atoms with E-state index in [1.54, 1.807) is 36.4 Å². The minimum absolute atomic E-state index is 0.127. The van der Waals surface area contributed by atoms with Crippen molar-refractivity contribution in [2.75, 3.05) is 18.6 Å². The van der Waals surface area contributed by atoms with Crippen molar-refractivity contribution in [3.05, 3.63) is 60.2 Å². The fourth-order valence-electron chi connectivity index (χ4n) is 2.69. The van der Waals surface area contributed by atoms with Crippen LogP contribution in [0.25, 0.3) is 0 Å². The second-order valence-corrected chi connectivity index (χ2v) is 7.55. The molecular formula is C18H16N2O6S. The predicted molar refractivity (Wildman–Crippen MR) is 95.4 cm³/mol. The summed E-state index contributed by atoms with van der Waals surface area (Å²) in [5, 5.41) is 0. The molecule has 140 valence electrons. The summed E-state index contributed by atoms with van der Waals surface area (Å²) in [4.78, 5) is 37.2. The third kappa shape index (κ3) is 3.54. The molecule has 1 aliphatic rings. The van der Waals surface area contributed by atoms with Crippen LogP contribution in [0.5, 0.6) is 0 Å². The van der Waals surface area contributed by atoms with Gasteiger partial charge in [0.1, 0.15) is 6.54 Å². The van der Waals surface area contributed by atoms with Gasteiger partial charge < -0.3 is 4.74 Å². The molecule has 0 bridgehead atoms. The Bertz CT molecular complexity index is 1000. The van der Waals surface area contributed by atoms with E-state index < -0.39 is 27.9 Å². The molecule has 2 aromatic carbocycles. The number of rotatable bonds is 5. The maximum absolute atomic E-state index is 12.9. The summed E-state index contributed by atoms with van der Waals surface area (Å²) in [5.74, 6) is -1.38. The summed E-state index contributed by atoms with van der Waals surface area (Å²) in [5.41, 5.74) is 0.815. The SMILES string of the molecule is COC(=O)Cc1cccc(S(=O)(=O)N2C(=O)CN(c3ccccc3)C2=O)c1. The summed E-state index contributed by atoms with van der Waals surface area (Å²) in [7, 11) is -3.18. The first-order valence-corrected chi connectivity index (χ1v) is 9.39. The number of carbonyl (C=O) groups excluding carboxylic acids is 3. The van der Waals surface area contributed by atoms with Crippen molar-refractivity contribution in [3.8, 4) is 0 Å². The molecule has 0 aromatic heterocycles. The highest BCUT2D eigenvalue weighted by Crippen LogP contribution is 2.26. The molecule has 0 atom stereocenters. The first kappa shape index (κ1) is 18.6. The van der Waals surface area contributed by atoms with Crippen molar-refractivity contribution in [1.82, 2.24) is 4.31 Å². The lowest BCUT2D eigenvalue weighted by Crippen LogP contribution is -2.38. The molecule has 0 aliphatic carbocycles. The van der Waals surface area contributed by atoms with Crippen molar-refractivity contribution in [3.63, 3.8) is 0 Å². The zero-order valence-electron chi connectivity index (χ0n) is 14.4. The number of benzene rings is 2. The highest BCUT2D eigenvalue weighted by molar-refractivity contribution is 7.90. The van der Waals surface area contributed by atoms with Crippen molar-refractivity contribution in [2.24, 2.45) is 0 Å². The van der Waals surface area contributed by atoms with Gasteiger partial charge in [-0.25, -0.2) is 13.2 Å². The summed E-state index contributed by atoms with van der Waals surface area (Å²) >= 11 is 0. The number of hydrogen-bond acceptors (Lipinski definition) is 6. The summed E-state index contributed by atoms with van der Waals surface area (Å²) < 4.78 is 30.6. The van der Waals surface area contributed by atoms with E-state index in [9.17, 15) is 22.8 Å². The molecule has 9 heteroatoms. The fourth-order valence-corrected chi connectivity index (χ4v) is 4.08. The number of carbonyl (C=O) groups is 3. The Labute approximate surface area is 156 Å². The number of para-hydroxylation sites is 1. The number of amides is 3. The van der Waals surface area contributed by atoms with Crippen LogP contribution in [0.2, 0.25) is 0 Å². The Hall–Kier alpha value is -3.20. The molecule has 1 fully saturated rings. The second-order valence-electron chi connectivity index (χ2n) is 5.77. The zero-order chi connectivity index (χ0) is 19.6. The monoisotopic (exact) mass is 388 g/mol. The third-order valence-corrected chi connectivity index (χ3v) is 5.70. The zero-order valence-corrected chi connectivity index (χ0v) is 15.2. The van der Waals surface area contributed by atoms with Crippen LogP contribution in [0.1, 0.15) is 5.56 Å². The van der Waals surface area contributed by atoms with Crippen LogP contribution in [-0.4, -0.2) is 44.3 Å². The largest absolute Gasteiger partial charge is 0.469 e. The molecule has 1 heterocycles. The average Bonchev–Trinajstić information content (AvgIpc) is 2.97. The van der Waals surface area contributed by atoms with Crippen LogP contribution >= 0.6 is 0 Å². The lowest BCUT2D eigenvalue weighted by molar-refractivity contribution is -0.139. The van der Waals surface area contributed by atoms with Crippen LogP contribution in [0.4, 0.5) is 10.5 Å². The number of sulfonamides is 1. The van der Waals surface area contributed by atoms with Gasteiger partial charge in [0.05, 0.1) is 18.4 Å². The quantitative estimate of drug-likeness (QED) is 0.569. The molecule has 27 heavy (non-hydrogen) atoms. The number of anilines is 1. The summed E-state index contributed by atoms with van der Waals surface area (Å²) in [6.45, 7) is -0.371. The summed E-state index contributed by atoms with van der Waals surface area (Å²) in [6.07, 6.45) is -0.127. The Balaban J connectivity index is 1.93. The van der Waals surface area contributed by atoms with E-state index in [4.69, 9.17) is 0 Å². The molecule has 0 radical (unpaired) electrons. The molecule has 8 nitrogen and oxygen atoms in total. The molecule has 0 spiro atoms. The maximum atomic E-state index is 12.9. The van der Waals surface area contributed by atoms with E-state index in [0.29, 0.717) is 11.3 Å². The van der Waals surface area contributed by atoms with Gasteiger partial charge >= 0.3 is 12.0 Å². The normalized spacial score (nSPS) is 14.6. The Morgan fingerprint density at radius 1 is 1.07 bits per heavy atom. The fraction of sp³-hybridized carbons (Fsp3) is 0.167. The molecule has 2 aromatic rings. The van der Waals surface area contributed by atoms with Crippen molar-refractivity contribution >= 4 is 33.6 Å². The lowest BCUT2D eigenvalue weighted by atomic mass is 10.1. The minimum atomic E-state index is -4.40. The molecule has 1 saturated heterocycles. The van der Waals surface area contributed by atoms with E-state index >= 15 is 0 Å². The van der Waals surface area contributed by atoms with Gasteiger partial charge in [-0.1, -0.05) is 30.3 Å². The first-order valence-electron chi connectivity index (χ1n) is 7.95. The smallest absolute Gasteiger partial charge is 0.346 e. The molecule has 0 N–H and O–H groups in total. The van der Waals surface area contributed by atoms with Gasteiger partial charge in [0.2, 0.25) is 0 Å². The number of imide groups is 1. The number of esters is 1. The van der Waals surface area contributed by atoms with Gasteiger partial charge in [-0.3, -0.25) is 14.5 Å². The Kier molecular flexibility index (Phi) is 4.95. The number of methoxy groups -OCH3 is 1. The molecule has 3 amide bonds. The maximum Gasteiger partial charge on any atom is 0.346 e. The number of ether oxygens (including phenoxy) is 1. The Morgan fingerprint density at radius 2 is 1.78 bits per heavy atom. The third-order valence-electron chi connectivity index (χ3n) is 4.01. The second kappa shape index (κ2) is 7.20. The van der Waals surface area contributed by atoms with Crippen LogP contribution in [0, 0.1) is 0 Å². The van der Waals surface area contributed by atoms with Crippen LogP contribution in [-0.2, 0) is 30.8 Å². The van der Waals surface area contributed by atoms with Crippen LogP contribution in [0.15, 0.2) is 59.5 Å². The standard InChI is InChI=1S/C18H16N2O6S/c1-26-17(22)11-13-6-5-9-15(10-13)27(24,25)20-16(21)12-19(18(20)23)14-7-3-2-4-8-14/h2-10H,11-12H2,1H3. The molecule has 3 rings (SSSR count). The average molecular weight is 388 g/mol. The highest BCUT2D eigenvalue weighted by Gasteiger charge is 2.45. The van der Waals surface area contributed by atoms with E-state index in [-0.39, 0.29) is 22.2 Å². The first-order chi connectivity index (χ1) is 12.8. The van der Waals surface area contributed by atoms with Gasteiger partial charge in [0.15, 0.2) is 0 Å². The lowest BCUT2D eigenvalue weighted by Gasteiger charge is -2.17. The topological polar surface area (TPSA) is 101 Å². The molecule has 1 aliphatic heterocycles. The molecule has 0 saturated carbocycles. The Morgan fingerprint density at radius 3 is 2.44 bits per heavy atom. The van der Waals surface area contributed by atoms with E-state index in [1.165, 1.54) is 25.3 Å². The van der Waals surface area contributed by atoms with Crippen LogP contribution < -0.4 is 4.90 Å². The number of hydrogen-bond donors (Lipinski definition) is 0. The van der Waals surface area contributed by atoms with Crippen LogP contribution in [0.3, 0.4) is 0 Å². The van der Waals surface area contributed by atoms with Crippen molar-refractivity contribution in [2.45, 2.75) is 11.3 Å². The number of urea groups is 1. The van der Waals surface area contributed by atoms with E-state index in [0.717, 1.165) is 4.90 Å². The van der Waals surface area contributed by atoms with Crippen molar-refractivity contribution in [1.29, 1.82) is 0 Å². The summed E-state index contributed by atoms with van der Waals surface area (Å²) in [6, 6.07) is 12.9. The minimum Gasteiger partial charge on any atom is -0.469 e. The van der Waals surface area contributed by atoms with Gasteiger partial charge in [-0.2, -0.15) is 0 Å². The molecular weight excluding hydrogens is 372 g/mol. The van der Waals surface area contributed by atoms with E-state index in [1.807, 2.05) is 0 Å². The number of nitrogens with zero attached hydrogens (tertiary/aromatic N) is 2. The van der Waals surface area contributed by atoms with E-state index in [2.05, 4.69) is 4.74 Å². The predicted octanol–water partition coefficient (Wildman–Crippen LogP) is 1.56. The van der Waals surface area contributed by atoms with Gasteiger partial charge in [0, 0.05) is 5.69 Å². The highest BCUT2D eigenvalue weighted by atomic mass is 32.2.